The Kier molecular flexibility index (Phi) is 7.82. The van der Waals surface area contributed by atoms with Gasteiger partial charge >= 0.3 is 0 Å². The highest BCUT2D eigenvalue weighted by molar-refractivity contribution is 6.11. The Morgan fingerprint density at radius 3 is 2.28 bits per heavy atom. The van der Waals surface area contributed by atoms with E-state index in [1.165, 1.54) is 44.1 Å². The van der Waals surface area contributed by atoms with Crippen LogP contribution in [0.15, 0.2) is 42.5 Å². The summed E-state index contributed by atoms with van der Waals surface area (Å²) in [5.74, 6) is 0.493. The molecule has 3 N–H and O–H groups in total. The summed E-state index contributed by atoms with van der Waals surface area (Å²) >= 11 is 0. The second-order valence-corrected chi connectivity index (χ2v) is 7.60. The summed E-state index contributed by atoms with van der Waals surface area (Å²) in [6.07, 6.45) is 9.98. The molecule has 2 aromatic rings. The van der Waals surface area contributed by atoms with Gasteiger partial charge in [0.15, 0.2) is 0 Å². The number of fused-ring (bicyclic) bond motifs is 1. The lowest BCUT2D eigenvalue weighted by Gasteiger charge is -2.18. The number of carbonyl (C=O) groups is 2. The molecule has 2 aromatic carbocycles. The minimum atomic E-state index is -0.397. The Balaban J connectivity index is 1.49. The molecule has 1 aliphatic heterocycles. The van der Waals surface area contributed by atoms with Gasteiger partial charge in [0, 0.05) is 0 Å². The van der Waals surface area contributed by atoms with Crippen LogP contribution < -0.4 is 15.8 Å². The van der Waals surface area contributed by atoms with Crippen molar-refractivity contribution in [1.29, 1.82) is 0 Å². The number of imide groups is 1. The van der Waals surface area contributed by atoms with Crippen LogP contribution in [0.4, 0.5) is 0 Å². The summed E-state index contributed by atoms with van der Waals surface area (Å²) in [5.41, 5.74) is 7.95. The van der Waals surface area contributed by atoms with Crippen molar-refractivity contribution < 1.29 is 14.3 Å². The van der Waals surface area contributed by atoms with E-state index in [1.807, 2.05) is 18.2 Å². The molecular weight excluding hydrogens is 364 g/mol. The molecule has 1 aliphatic rings. The summed E-state index contributed by atoms with van der Waals surface area (Å²) in [7, 11) is 0. The molecule has 0 unspecified atom stereocenters. The van der Waals surface area contributed by atoms with Crippen LogP contribution in [0.2, 0.25) is 0 Å². The van der Waals surface area contributed by atoms with Crippen LogP contribution in [0.1, 0.15) is 66.4 Å². The average Bonchev–Trinajstić information content (AvgIpc) is 2.71. The number of carbonyl (C=O) groups excluding carboxylic acids is 2. The Morgan fingerprint density at radius 1 is 0.862 bits per heavy atom. The van der Waals surface area contributed by atoms with Crippen molar-refractivity contribution in [2.45, 2.75) is 57.8 Å². The molecule has 154 valence electrons. The maximum atomic E-state index is 12.2. The lowest BCUT2D eigenvalue weighted by Crippen LogP contribution is -2.37. The number of benzene rings is 2. The number of aryl methyl sites for hydroxylation is 1. The van der Waals surface area contributed by atoms with Crippen molar-refractivity contribution in [2.24, 2.45) is 5.73 Å². The number of rotatable bonds is 11. The predicted octanol–water partition coefficient (Wildman–Crippen LogP) is 4.52. The standard InChI is InChI=1S/C24H30N2O3/c25-16-7-5-3-1-2-4-6-9-18-12-14-20(15-13-18)29-21-11-8-10-19-17-22(27)26-24(28)23(19)21/h8,10-15H,1-7,9,16-17,25H2,(H,26,27,28). The van der Waals surface area contributed by atoms with Gasteiger partial charge in [-0.1, -0.05) is 56.4 Å². The van der Waals surface area contributed by atoms with Gasteiger partial charge in [0.1, 0.15) is 11.5 Å². The van der Waals surface area contributed by atoms with Gasteiger partial charge in [-0.3, -0.25) is 14.9 Å². The maximum absolute atomic E-state index is 12.2. The number of unbranched alkanes of at least 4 members (excludes halogenated alkanes) is 6. The van der Waals surface area contributed by atoms with Crippen LogP contribution in [0.5, 0.6) is 11.5 Å². The first-order valence-electron chi connectivity index (χ1n) is 10.6. The molecule has 0 radical (unpaired) electrons. The topological polar surface area (TPSA) is 81.4 Å². The second kappa shape index (κ2) is 10.8. The maximum Gasteiger partial charge on any atom is 0.261 e. The molecule has 1 heterocycles. The monoisotopic (exact) mass is 394 g/mol. The molecule has 0 atom stereocenters. The predicted molar refractivity (Wildman–Crippen MR) is 114 cm³/mol. The van der Waals surface area contributed by atoms with Crippen molar-refractivity contribution >= 4 is 11.8 Å². The fourth-order valence-electron chi connectivity index (χ4n) is 3.68. The molecule has 0 saturated heterocycles. The van der Waals surface area contributed by atoms with Crippen LogP contribution >= 0.6 is 0 Å². The third-order valence-electron chi connectivity index (χ3n) is 5.26. The highest BCUT2D eigenvalue weighted by atomic mass is 16.5. The Labute approximate surface area is 172 Å². The van der Waals surface area contributed by atoms with E-state index in [4.69, 9.17) is 10.5 Å². The van der Waals surface area contributed by atoms with Crippen LogP contribution in [-0.2, 0) is 17.6 Å². The molecule has 3 rings (SSSR count). The summed E-state index contributed by atoms with van der Waals surface area (Å²) in [6.45, 7) is 0.805. The molecule has 0 aromatic heterocycles. The molecule has 0 bridgehead atoms. The van der Waals surface area contributed by atoms with Crippen molar-refractivity contribution in [1.82, 2.24) is 5.32 Å². The minimum Gasteiger partial charge on any atom is -0.457 e. The van der Waals surface area contributed by atoms with Crippen molar-refractivity contribution in [3.63, 3.8) is 0 Å². The van der Waals surface area contributed by atoms with E-state index in [1.54, 1.807) is 12.1 Å². The fourth-order valence-corrected chi connectivity index (χ4v) is 3.68. The lowest BCUT2D eigenvalue weighted by atomic mass is 9.99. The quantitative estimate of drug-likeness (QED) is 0.434. The van der Waals surface area contributed by atoms with Crippen LogP contribution in [-0.4, -0.2) is 18.4 Å². The van der Waals surface area contributed by atoms with Crippen LogP contribution in [0.3, 0.4) is 0 Å². The number of ether oxygens (including phenoxy) is 1. The first-order valence-corrected chi connectivity index (χ1v) is 10.6. The molecule has 0 saturated carbocycles. The van der Waals surface area contributed by atoms with Crippen LogP contribution in [0, 0.1) is 0 Å². The zero-order valence-electron chi connectivity index (χ0n) is 16.9. The number of nitrogens with two attached hydrogens (primary N) is 1. The van der Waals surface area contributed by atoms with E-state index >= 15 is 0 Å². The molecule has 5 heteroatoms. The summed E-state index contributed by atoms with van der Waals surface area (Å²) in [6, 6.07) is 13.4. The Morgan fingerprint density at radius 2 is 1.55 bits per heavy atom. The third-order valence-corrected chi connectivity index (χ3v) is 5.26. The van der Waals surface area contributed by atoms with Crippen molar-refractivity contribution in [3.8, 4) is 11.5 Å². The van der Waals surface area contributed by atoms with E-state index in [2.05, 4.69) is 17.4 Å². The summed E-state index contributed by atoms with van der Waals surface area (Å²) in [4.78, 5) is 23.7. The van der Waals surface area contributed by atoms with E-state index in [0.717, 1.165) is 19.4 Å². The van der Waals surface area contributed by atoms with Gasteiger partial charge < -0.3 is 10.5 Å². The van der Waals surface area contributed by atoms with Gasteiger partial charge in [0.2, 0.25) is 5.91 Å². The summed E-state index contributed by atoms with van der Waals surface area (Å²) < 4.78 is 5.95. The van der Waals surface area contributed by atoms with E-state index in [-0.39, 0.29) is 12.3 Å². The number of hydrogen-bond acceptors (Lipinski definition) is 4. The highest BCUT2D eigenvalue weighted by Crippen LogP contribution is 2.30. The highest BCUT2D eigenvalue weighted by Gasteiger charge is 2.26. The molecule has 0 aliphatic carbocycles. The zero-order chi connectivity index (χ0) is 20.5. The van der Waals surface area contributed by atoms with Gasteiger partial charge in [-0.2, -0.15) is 0 Å². The van der Waals surface area contributed by atoms with Gasteiger partial charge in [0.05, 0.1) is 12.0 Å². The third kappa shape index (κ3) is 6.16. The summed E-state index contributed by atoms with van der Waals surface area (Å²) in [5, 5.41) is 2.35. The van der Waals surface area contributed by atoms with Gasteiger partial charge in [0.25, 0.3) is 5.91 Å². The number of nitrogens with one attached hydrogen (secondary N) is 1. The zero-order valence-corrected chi connectivity index (χ0v) is 16.9. The molecule has 29 heavy (non-hydrogen) atoms. The first kappa shape index (κ1) is 21.1. The largest absolute Gasteiger partial charge is 0.457 e. The van der Waals surface area contributed by atoms with Crippen molar-refractivity contribution in [3.05, 3.63) is 59.2 Å². The second-order valence-electron chi connectivity index (χ2n) is 7.60. The van der Waals surface area contributed by atoms with Gasteiger partial charge in [-0.15, -0.1) is 0 Å². The molecule has 2 amide bonds. The van der Waals surface area contributed by atoms with E-state index < -0.39 is 5.91 Å². The fraction of sp³-hybridized carbons (Fsp3) is 0.417. The molecule has 0 spiro atoms. The van der Waals surface area contributed by atoms with Gasteiger partial charge in [-0.05, 0) is 55.1 Å². The van der Waals surface area contributed by atoms with Crippen LogP contribution in [0.25, 0.3) is 0 Å². The Hall–Kier alpha value is -2.66. The molecular formula is C24H30N2O3. The smallest absolute Gasteiger partial charge is 0.261 e. The van der Waals surface area contributed by atoms with E-state index in [0.29, 0.717) is 22.6 Å². The normalized spacial score (nSPS) is 13.1. The van der Waals surface area contributed by atoms with Crippen molar-refractivity contribution in [2.75, 3.05) is 6.54 Å². The minimum absolute atomic E-state index is 0.199. The first-order chi connectivity index (χ1) is 14.2. The molecule has 5 nitrogen and oxygen atoms in total. The Bertz CT molecular complexity index is 831. The lowest BCUT2D eigenvalue weighted by molar-refractivity contribution is -0.119. The van der Waals surface area contributed by atoms with E-state index in [9.17, 15) is 9.59 Å². The number of hydrogen-bond donors (Lipinski definition) is 2. The SMILES string of the molecule is NCCCCCCCCCc1ccc(Oc2cccc3c2C(=O)NC(=O)C3)cc1. The average molecular weight is 395 g/mol. The number of amides is 2. The molecule has 0 fully saturated rings. The van der Waals surface area contributed by atoms with Gasteiger partial charge in [-0.25, -0.2) is 0 Å².